The molecule has 4 nitrogen and oxygen atoms in total. The summed E-state index contributed by atoms with van der Waals surface area (Å²) in [7, 11) is 1.67. The minimum Gasteiger partial charge on any atom is -0.356 e. The van der Waals surface area contributed by atoms with Gasteiger partial charge in [-0.2, -0.15) is 0 Å². The first-order valence-electron chi connectivity index (χ1n) is 6.09. The normalized spacial score (nSPS) is 12.6. The van der Waals surface area contributed by atoms with Gasteiger partial charge >= 0.3 is 0 Å². The van der Waals surface area contributed by atoms with Gasteiger partial charge in [-0.1, -0.05) is 19.4 Å². The molecule has 0 saturated carbocycles. The van der Waals surface area contributed by atoms with E-state index in [9.17, 15) is 0 Å². The molecule has 0 amide bonds. The number of pyridine rings is 1. The Kier molecular flexibility index (Phi) is 6.77. The lowest BCUT2D eigenvalue weighted by molar-refractivity contribution is -0.135. The minimum atomic E-state index is -0.139. The van der Waals surface area contributed by atoms with Crippen molar-refractivity contribution >= 4 is 0 Å². The monoisotopic (exact) mass is 238 g/mol. The zero-order valence-corrected chi connectivity index (χ0v) is 10.7. The summed E-state index contributed by atoms with van der Waals surface area (Å²) in [6.45, 7) is 3.21. The zero-order valence-electron chi connectivity index (χ0n) is 10.7. The zero-order chi connectivity index (χ0) is 12.5. The Morgan fingerprint density at radius 1 is 1.35 bits per heavy atom. The second-order valence-corrected chi connectivity index (χ2v) is 3.92. The molecule has 1 aromatic rings. The molecular weight excluding hydrogens is 216 g/mol. The van der Waals surface area contributed by atoms with E-state index in [-0.39, 0.29) is 6.29 Å². The van der Waals surface area contributed by atoms with Gasteiger partial charge in [-0.05, 0) is 25.1 Å². The van der Waals surface area contributed by atoms with Crippen LogP contribution in [0, 0.1) is 0 Å². The average molecular weight is 238 g/mol. The summed E-state index contributed by atoms with van der Waals surface area (Å²) < 4.78 is 10.9. The number of ether oxygens (including phenoxy) is 2. The molecule has 1 heterocycles. The van der Waals surface area contributed by atoms with Crippen molar-refractivity contribution in [2.75, 3.05) is 13.7 Å². The lowest BCUT2D eigenvalue weighted by atomic mass is 10.2. The molecule has 0 aliphatic heterocycles. The highest BCUT2D eigenvalue weighted by Gasteiger charge is 2.06. The Morgan fingerprint density at radius 3 is 2.76 bits per heavy atom. The van der Waals surface area contributed by atoms with Crippen LogP contribution in [0.25, 0.3) is 0 Å². The first-order valence-corrected chi connectivity index (χ1v) is 6.09. The van der Waals surface area contributed by atoms with Gasteiger partial charge < -0.3 is 15.2 Å². The van der Waals surface area contributed by atoms with Gasteiger partial charge in [0.05, 0.1) is 12.3 Å². The van der Waals surface area contributed by atoms with Gasteiger partial charge in [0.2, 0.25) is 0 Å². The van der Waals surface area contributed by atoms with Crippen molar-refractivity contribution in [3.05, 3.63) is 29.6 Å². The Morgan fingerprint density at radius 2 is 2.12 bits per heavy atom. The quantitative estimate of drug-likeness (QED) is 0.702. The molecular formula is C13H22N2O2. The summed E-state index contributed by atoms with van der Waals surface area (Å²) in [6, 6.07) is 5.92. The van der Waals surface area contributed by atoms with Crippen molar-refractivity contribution in [2.24, 2.45) is 5.73 Å². The van der Waals surface area contributed by atoms with Gasteiger partial charge in [0, 0.05) is 19.2 Å². The molecule has 2 N–H and O–H groups in total. The van der Waals surface area contributed by atoms with E-state index in [2.05, 4.69) is 11.9 Å². The first-order chi connectivity index (χ1) is 8.30. The maximum Gasteiger partial charge on any atom is 0.157 e. The molecule has 0 radical (unpaired) electrons. The van der Waals surface area contributed by atoms with E-state index in [1.165, 1.54) is 0 Å². The predicted octanol–water partition coefficient (Wildman–Crippen LogP) is 1.87. The molecule has 0 aliphatic carbocycles. The third-order valence-corrected chi connectivity index (χ3v) is 2.47. The van der Waals surface area contributed by atoms with E-state index in [1.807, 2.05) is 18.2 Å². The molecule has 17 heavy (non-hydrogen) atoms. The number of nitrogens with zero attached hydrogens (tertiary/aromatic N) is 1. The first kappa shape index (κ1) is 14.1. The Balaban J connectivity index is 2.47. The molecule has 1 atom stereocenters. The highest BCUT2D eigenvalue weighted by Crippen LogP contribution is 2.07. The fourth-order valence-corrected chi connectivity index (χ4v) is 1.58. The number of hydrogen-bond acceptors (Lipinski definition) is 4. The van der Waals surface area contributed by atoms with Gasteiger partial charge in [-0.3, -0.25) is 4.98 Å². The van der Waals surface area contributed by atoms with Gasteiger partial charge in [-0.15, -0.1) is 0 Å². The fourth-order valence-electron chi connectivity index (χ4n) is 1.58. The SMILES string of the molecule is CCCC(OC)OCc1cccc(CCN)n1. The fraction of sp³-hybridized carbons (Fsp3) is 0.615. The van der Waals surface area contributed by atoms with Crippen LogP contribution in [-0.4, -0.2) is 24.9 Å². The molecule has 0 saturated heterocycles. The molecule has 0 bridgehead atoms. The molecule has 0 fully saturated rings. The lowest BCUT2D eigenvalue weighted by Crippen LogP contribution is -2.15. The molecule has 1 rings (SSSR count). The second kappa shape index (κ2) is 8.17. The van der Waals surface area contributed by atoms with Gasteiger partial charge in [0.25, 0.3) is 0 Å². The van der Waals surface area contributed by atoms with E-state index >= 15 is 0 Å². The smallest absolute Gasteiger partial charge is 0.157 e. The van der Waals surface area contributed by atoms with Crippen LogP contribution in [0.15, 0.2) is 18.2 Å². The highest BCUT2D eigenvalue weighted by molar-refractivity contribution is 5.10. The standard InChI is InChI=1S/C13H22N2O2/c1-3-5-13(16-2)17-10-12-7-4-6-11(15-12)8-9-14/h4,6-7,13H,3,5,8-10,14H2,1-2H3. The van der Waals surface area contributed by atoms with Crippen molar-refractivity contribution < 1.29 is 9.47 Å². The largest absolute Gasteiger partial charge is 0.356 e. The molecule has 0 aliphatic rings. The van der Waals surface area contributed by atoms with Gasteiger partial charge in [-0.25, -0.2) is 0 Å². The van der Waals surface area contributed by atoms with E-state index < -0.39 is 0 Å². The Labute approximate surface area is 103 Å². The third-order valence-electron chi connectivity index (χ3n) is 2.47. The van der Waals surface area contributed by atoms with Crippen LogP contribution >= 0.6 is 0 Å². The van der Waals surface area contributed by atoms with E-state index in [1.54, 1.807) is 7.11 Å². The number of aromatic nitrogens is 1. The molecule has 0 spiro atoms. The van der Waals surface area contributed by atoms with Crippen LogP contribution in [0.3, 0.4) is 0 Å². The van der Waals surface area contributed by atoms with E-state index in [0.29, 0.717) is 13.2 Å². The van der Waals surface area contributed by atoms with Crippen LogP contribution in [-0.2, 0) is 22.5 Å². The summed E-state index contributed by atoms with van der Waals surface area (Å²) in [5.74, 6) is 0. The number of methoxy groups -OCH3 is 1. The molecule has 1 aromatic heterocycles. The third kappa shape index (κ3) is 5.26. The molecule has 4 heteroatoms. The van der Waals surface area contributed by atoms with Crippen LogP contribution < -0.4 is 5.73 Å². The Bertz CT molecular complexity index is 318. The minimum absolute atomic E-state index is 0.139. The van der Waals surface area contributed by atoms with Crippen molar-refractivity contribution in [2.45, 2.75) is 39.1 Å². The number of nitrogens with two attached hydrogens (primary N) is 1. The van der Waals surface area contributed by atoms with E-state index in [0.717, 1.165) is 30.7 Å². The van der Waals surface area contributed by atoms with Gasteiger partial charge in [0.1, 0.15) is 0 Å². The lowest BCUT2D eigenvalue weighted by Gasteiger charge is -2.15. The molecule has 1 unspecified atom stereocenters. The van der Waals surface area contributed by atoms with Gasteiger partial charge in [0.15, 0.2) is 6.29 Å². The topological polar surface area (TPSA) is 57.4 Å². The highest BCUT2D eigenvalue weighted by atomic mass is 16.7. The number of hydrogen-bond donors (Lipinski definition) is 1. The molecule has 0 aromatic carbocycles. The van der Waals surface area contributed by atoms with Crippen molar-refractivity contribution in [1.82, 2.24) is 4.98 Å². The summed E-state index contributed by atoms with van der Waals surface area (Å²) in [5.41, 5.74) is 7.44. The van der Waals surface area contributed by atoms with Crippen LogP contribution in [0.5, 0.6) is 0 Å². The van der Waals surface area contributed by atoms with Crippen LogP contribution in [0.1, 0.15) is 31.2 Å². The summed E-state index contributed by atoms with van der Waals surface area (Å²) in [6.07, 6.45) is 2.61. The van der Waals surface area contributed by atoms with Crippen LogP contribution in [0.2, 0.25) is 0 Å². The molecule has 96 valence electrons. The van der Waals surface area contributed by atoms with Crippen molar-refractivity contribution in [1.29, 1.82) is 0 Å². The second-order valence-electron chi connectivity index (χ2n) is 3.92. The summed E-state index contributed by atoms with van der Waals surface area (Å²) in [5, 5.41) is 0. The van der Waals surface area contributed by atoms with Crippen molar-refractivity contribution in [3.8, 4) is 0 Å². The predicted molar refractivity (Wildman–Crippen MR) is 67.5 cm³/mol. The van der Waals surface area contributed by atoms with Crippen LogP contribution in [0.4, 0.5) is 0 Å². The summed E-state index contributed by atoms with van der Waals surface area (Å²) in [4.78, 5) is 4.47. The number of rotatable bonds is 8. The van der Waals surface area contributed by atoms with E-state index in [4.69, 9.17) is 15.2 Å². The average Bonchev–Trinajstić information content (AvgIpc) is 2.35. The Hall–Kier alpha value is -0.970. The maximum atomic E-state index is 5.63. The summed E-state index contributed by atoms with van der Waals surface area (Å²) >= 11 is 0. The van der Waals surface area contributed by atoms with Crippen molar-refractivity contribution in [3.63, 3.8) is 0 Å². The maximum absolute atomic E-state index is 5.63.